The lowest BCUT2D eigenvalue weighted by molar-refractivity contribution is 0.242. The van der Waals surface area contributed by atoms with E-state index in [9.17, 15) is 0 Å². The highest BCUT2D eigenvalue weighted by Gasteiger charge is 2.28. The summed E-state index contributed by atoms with van der Waals surface area (Å²) in [5.74, 6) is 1.69. The number of hydrogen-bond donors (Lipinski definition) is 0. The van der Waals surface area contributed by atoms with Crippen LogP contribution in [0.1, 0.15) is 41.4 Å². The van der Waals surface area contributed by atoms with E-state index in [1.807, 2.05) is 24.5 Å². The lowest BCUT2D eigenvalue weighted by Gasteiger charge is -2.28. The predicted molar refractivity (Wildman–Crippen MR) is 81.1 cm³/mol. The zero-order valence-electron chi connectivity index (χ0n) is 11.8. The predicted octanol–water partition coefficient (Wildman–Crippen LogP) is 2.96. The van der Waals surface area contributed by atoms with Crippen molar-refractivity contribution in [3.8, 4) is 0 Å². The molecule has 0 unspecified atom stereocenters. The first-order valence-corrected chi connectivity index (χ1v) is 7.83. The van der Waals surface area contributed by atoms with Crippen LogP contribution in [0.2, 0.25) is 5.15 Å². The van der Waals surface area contributed by atoms with Crippen molar-refractivity contribution >= 4 is 11.6 Å². The molecule has 21 heavy (non-hydrogen) atoms. The van der Waals surface area contributed by atoms with Gasteiger partial charge in [-0.15, -0.1) is 0 Å². The molecular formula is C16H17ClN4. The maximum Gasteiger partial charge on any atom is 0.131 e. The summed E-state index contributed by atoms with van der Waals surface area (Å²) in [6.45, 7) is 2.85. The third-order valence-corrected chi connectivity index (χ3v) is 4.39. The summed E-state index contributed by atoms with van der Waals surface area (Å²) in [5, 5.41) is 0.545. The van der Waals surface area contributed by atoms with Gasteiger partial charge >= 0.3 is 0 Å². The highest BCUT2D eigenvalue weighted by molar-refractivity contribution is 6.29. The Morgan fingerprint density at radius 2 is 2.10 bits per heavy atom. The van der Waals surface area contributed by atoms with Crippen molar-refractivity contribution in [3.05, 3.63) is 52.3 Å². The van der Waals surface area contributed by atoms with Gasteiger partial charge in [0.15, 0.2) is 0 Å². The molecule has 0 N–H and O–H groups in total. The first-order chi connectivity index (χ1) is 10.3. The first-order valence-electron chi connectivity index (χ1n) is 7.45. The van der Waals surface area contributed by atoms with Gasteiger partial charge in [0.1, 0.15) is 11.0 Å². The summed E-state index contributed by atoms with van der Waals surface area (Å²) < 4.78 is 0. The molecule has 2 aliphatic rings. The summed E-state index contributed by atoms with van der Waals surface area (Å²) in [6.07, 6.45) is 7.41. The van der Waals surface area contributed by atoms with Gasteiger partial charge in [0, 0.05) is 55.6 Å². The van der Waals surface area contributed by atoms with E-state index in [-0.39, 0.29) is 0 Å². The number of aromatic nitrogens is 3. The lowest BCUT2D eigenvalue weighted by atomic mass is 10.1. The van der Waals surface area contributed by atoms with Crippen LogP contribution in [0.3, 0.4) is 0 Å². The van der Waals surface area contributed by atoms with Crippen LogP contribution >= 0.6 is 11.6 Å². The first kappa shape index (κ1) is 13.2. The van der Waals surface area contributed by atoms with Crippen molar-refractivity contribution < 1.29 is 0 Å². The van der Waals surface area contributed by atoms with Gasteiger partial charge in [-0.25, -0.2) is 15.0 Å². The Morgan fingerprint density at radius 1 is 1.19 bits per heavy atom. The number of halogens is 1. The smallest absolute Gasteiger partial charge is 0.131 e. The van der Waals surface area contributed by atoms with E-state index in [2.05, 4.69) is 14.9 Å². The van der Waals surface area contributed by atoms with E-state index >= 15 is 0 Å². The van der Waals surface area contributed by atoms with E-state index in [0.717, 1.165) is 31.9 Å². The summed E-state index contributed by atoms with van der Waals surface area (Å²) in [6, 6.07) is 3.89. The van der Waals surface area contributed by atoms with Gasteiger partial charge in [0.25, 0.3) is 0 Å². The lowest BCUT2D eigenvalue weighted by Crippen LogP contribution is -2.31. The number of nitrogens with zero attached hydrogens (tertiary/aromatic N) is 4. The third kappa shape index (κ3) is 2.92. The van der Waals surface area contributed by atoms with Crippen molar-refractivity contribution in [2.24, 2.45) is 0 Å². The van der Waals surface area contributed by atoms with Crippen LogP contribution in [-0.2, 0) is 19.5 Å². The molecule has 0 aromatic carbocycles. The van der Waals surface area contributed by atoms with E-state index in [4.69, 9.17) is 16.6 Å². The van der Waals surface area contributed by atoms with E-state index in [1.165, 1.54) is 29.7 Å². The molecule has 1 aliphatic carbocycles. The molecule has 1 aliphatic heterocycles. The van der Waals surface area contributed by atoms with Crippen molar-refractivity contribution in [2.75, 3.05) is 6.54 Å². The van der Waals surface area contributed by atoms with Crippen molar-refractivity contribution in [1.29, 1.82) is 0 Å². The minimum absolute atomic E-state index is 0.545. The minimum atomic E-state index is 0.545. The molecule has 5 heteroatoms. The molecular weight excluding hydrogens is 284 g/mol. The van der Waals surface area contributed by atoms with E-state index in [1.54, 1.807) is 0 Å². The molecule has 3 heterocycles. The number of fused-ring (bicyclic) bond motifs is 1. The Morgan fingerprint density at radius 3 is 2.86 bits per heavy atom. The van der Waals surface area contributed by atoms with Gasteiger partial charge < -0.3 is 0 Å². The summed E-state index contributed by atoms with van der Waals surface area (Å²) >= 11 is 5.83. The molecule has 1 fully saturated rings. The summed E-state index contributed by atoms with van der Waals surface area (Å²) in [4.78, 5) is 15.9. The molecule has 4 rings (SSSR count). The van der Waals surface area contributed by atoms with Crippen LogP contribution in [0.15, 0.2) is 24.5 Å². The van der Waals surface area contributed by atoms with Crippen LogP contribution in [0.5, 0.6) is 0 Å². The van der Waals surface area contributed by atoms with Gasteiger partial charge in [0.05, 0.1) is 0 Å². The van der Waals surface area contributed by atoms with Crippen molar-refractivity contribution in [3.63, 3.8) is 0 Å². The third-order valence-electron chi connectivity index (χ3n) is 4.17. The fourth-order valence-corrected chi connectivity index (χ4v) is 2.93. The van der Waals surface area contributed by atoms with Crippen LogP contribution < -0.4 is 0 Å². The maximum atomic E-state index is 5.83. The normalized spacial score (nSPS) is 18.5. The quantitative estimate of drug-likeness (QED) is 0.817. The monoisotopic (exact) mass is 300 g/mol. The zero-order valence-corrected chi connectivity index (χ0v) is 12.6. The Kier molecular flexibility index (Phi) is 3.36. The fourth-order valence-electron chi connectivity index (χ4n) is 2.82. The number of rotatable bonds is 3. The SMILES string of the molecule is Clc1ccc(CN2CCc3nc(C4CC4)ncc3C2)cn1. The molecule has 0 atom stereocenters. The molecule has 108 valence electrons. The van der Waals surface area contributed by atoms with Crippen LogP contribution in [-0.4, -0.2) is 26.4 Å². The largest absolute Gasteiger partial charge is 0.294 e. The van der Waals surface area contributed by atoms with Gasteiger partial charge in [-0.3, -0.25) is 4.90 Å². The molecule has 4 nitrogen and oxygen atoms in total. The highest BCUT2D eigenvalue weighted by Crippen LogP contribution is 2.38. The molecule has 0 amide bonds. The molecule has 0 spiro atoms. The van der Waals surface area contributed by atoms with Gasteiger partial charge in [-0.1, -0.05) is 17.7 Å². The van der Waals surface area contributed by atoms with Crippen LogP contribution in [0.4, 0.5) is 0 Å². The average molecular weight is 301 g/mol. The van der Waals surface area contributed by atoms with E-state index in [0.29, 0.717) is 11.1 Å². The van der Waals surface area contributed by atoms with Gasteiger partial charge in [-0.2, -0.15) is 0 Å². The standard InChI is InChI=1S/C16H17ClN4/c17-15-4-1-11(7-18-15)9-21-6-5-14-13(10-21)8-19-16(20-14)12-2-3-12/h1,4,7-8,12H,2-3,5-6,9-10H2. The highest BCUT2D eigenvalue weighted by atomic mass is 35.5. The molecule has 0 saturated heterocycles. The van der Waals surface area contributed by atoms with E-state index < -0.39 is 0 Å². The second kappa shape index (κ2) is 5.35. The molecule has 2 aromatic rings. The van der Waals surface area contributed by atoms with Crippen LogP contribution in [0, 0.1) is 0 Å². The Balaban J connectivity index is 1.47. The van der Waals surface area contributed by atoms with Gasteiger partial charge in [-0.05, 0) is 24.5 Å². The molecule has 1 saturated carbocycles. The number of pyridine rings is 1. The van der Waals surface area contributed by atoms with Crippen molar-refractivity contribution in [2.45, 2.75) is 38.3 Å². The summed E-state index contributed by atoms with van der Waals surface area (Å²) in [5.41, 5.74) is 3.71. The van der Waals surface area contributed by atoms with Crippen LogP contribution in [0.25, 0.3) is 0 Å². The molecule has 2 aromatic heterocycles. The Hall–Kier alpha value is -1.52. The summed E-state index contributed by atoms with van der Waals surface area (Å²) in [7, 11) is 0. The minimum Gasteiger partial charge on any atom is -0.294 e. The van der Waals surface area contributed by atoms with Gasteiger partial charge in [0.2, 0.25) is 0 Å². The zero-order chi connectivity index (χ0) is 14.2. The van der Waals surface area contributed by atoms with Crippen molar-refractivity contribution in [1.82, 2.24) is 19.9 Å². The topological polar surface area (TPSA) is 41.9 Å². The number of hydrogen-bond acceptors (Lipinski definition) is 4. The molecule has 0 bridgehead atoms. The Labute approximate surface area is 129 Å². The molecule has 0 radical (unpaired) electrons. The second-order valence-electron chi connectivity index (χ2n) is 5.92. The average Bonchev–Trinajstić information content (AvgIpc) is 3.34. The maximum absolute atomic E-state index is 5.83. The fraction of sp³-hybridized carbons (Fsp3) is 0.438. The second-order valence-corrected chi connectivity index (χ2v) is 6.31. The Bertz CT molecular complexity index is 652.